The molecule has 7 heteroatoms. The number of anilines is 2. The molecule has 1 aliphatic rings. The summed E-state index contributed by atoms with van der Waals surface area (Å²) in [6.07, 6.45) is 5.78. The molecular weight excluding hydrogens is 259 g/mol. The Hall–Kier alpha value is -2.31. The summed E-state index contributed by atoms with van der Waals surface area (Å²) < 4.78 is 12.8. The lowest BCUT2D eigenvalue weighted by Crippen LogP contribution is -2.47. The van der Waals surface area contributed by atoms with Crippen LogP contribution in [0.2, 0.25) is 0 Å². The lowest BCUT2D eigenvalue weighted by Gasteiger charge is -2.35. The average molecular weight is 274 g/mol. The highest BCUT2D eigenvalue weighted by Crippen LogP contribution is 2.18. The Labute approximate surface area is 116 Å². The van der Waals surface area contributed by atoms with Gasteiger partial charge in [0.25, 0.3) is 0 Å². The van der Waals surface area contributed by atoms with Gasteiger partial charge in [-0.25, -0.2) is 24.3 Å². The molecule has 0 bridgehead atoms. The summed E-state index contributed by atoms with van der Waals surface area (Å²) in [5.41, 5.74) is 1.07. The summed E-state index contributed by atoms with van der Waals surface area (Å²) in [5, 5.41) is 0. The first-order valence-corrected chi connectivity index (χ1v) is 6.48. The van der Waals surface area contributed by atoms with E-state index in [2.05, 4.69) is 24.8 Å². The fourth-order valence-corrected chi connectivity index (χ4v) is 2.31. The standard InChI is InChI=1S/C13H15FN6/c1-10-6-15-9-18-12(10)19-2-4-20(5-3-19)13-16-7-11(14)8-17-13/h6-9H,2-5H2,1H3. The largest absolute Gasteiger partial charge is 0.353 e. The molecule has 1 fully saturated rings. The molecule has 0 N–H and O–H groups in total. The van der Waals surface area contributed by atoms with Crippen molar-refractivity contribution < 1.29 is 4.39 Å². The quantitative estimate of drug-likeness (QED) is 0.815. The number of rotatable bonds is 2. The summed E-state index contributed by atoms with van der Waals surface area (Å²) in [7, 11) is 0. The second-order valence-corrected chi connectivity index (χ2v) is 4.70. The number of piperazine rings is 1. The van der Waals surface area contributed by atoms with Gasteiger partial charge in [-0.3, -0.25) is 0 Å². The molecule has 3 heterocycles. The maximum Gasteiger partial charge on any atom is 0.225 e. The molecule has 0 spiro atoms. The molecule has 0 saturated carbocycles. The molecule has 0 aromatic carbocycles. The van der Waals surface area contributed by atoms with Crippen molar-refractivity contribution in [3.63, 3.8) is 0 Å². The number of hydrogen-bond acceptors (Lipinski definition) is 6. The molecule has 0 radical (unpaired) electrons. The van der Waals surface area contributed by atoms with Gasteiger partial charge in [0, 0.05) is 37.9 Å². The molecule has 20 heavy (non-hydrogen) atoms. The molecule has 0 unspecified atom stereocenters. The Morgan fingerprint density at radius 1 is 0.950 bits per heavy atom. The molecule has 1 saturated heterocycles. The fraction of sp³-hybridized carbons (Fsp3) is 0.385. The van der Waals surface area contributed by atoms with Crippen LogP contribution in [0.25, 0.3) is 0 Å². The predicted molar refractivity (Wildman–Crippen MR) is 73.2 cm³/mol. The lowest BCUT2D eigenvalue weighted by molar-refractivity contribution is 0.601. The summed E-state index contributed by atoms with van der Waals surface area (Å²) in [5.74, 6) is 1.13. The van der Waals surface area contributed by atoms with Crippen molar-refractivity contribution in [1.82, 2.24) is 19.9 Å². The Balaban J connectivity index is 1.68. The van der Waals surface area contributed by atoms with E-state index in [9.17, 15) is 4.39 Å². The maximum atomic E-state index is 12.8. The van der Waals surface area contributed by atoms with E-state index in [1.807, 2.05) is 18.0 Å². The molecule has 0 atom stereocenters. The summed E-state index contributed by atoms with van der Waals surface area (Å²) in [6.45, 7) is 5.24. The third-order valence-electron chi connectivity index (χ3n) is 3.34. The summed E-state index contributed by atoms with van der Waals surface area (Å²) in [6, 6.07) is 0. The zero-order valence-corrected chi connectivity index (χ0v) is 11.2. The van der Waals surface area contributed by atoms with Crippen LogP contribution < -0.4 is 9.80 Å². The highest BCUT2D eigenvalue weighted by molar-refractivity contribution is 5.46. The van der Waals surface area contributed by atoms with Gasteiger partial charge >= 0.3 is 0 Å². The third kappa shape index (κ3) is 2.52. The molecule has 2 aromatic rings. The number of halogens is 1. The Morgan fingerprint density at radius 3 is 2.25 bits per heavy atom. The van der Waals surface area contributed by atoms with Crippen molar-refractivity contribution in [3.8, 4) is 0 Å². The van der Waals surface area contributed by atoms with Crippen LogP contribution in [-0.4, -0.2) is 46.1 Å². The van der Waals surface area contributed by atoms with Crippen LogP contribution in [0.4, 0.5) is 16.2 Å². The van der Waals surface area contributed by atoms with Crippen molar-refractivity contribution in [2.24, 2.45) is 0 Å². The minimum absolute atomic E-state index is 0.413. The van der Waals surface area contributed by atoms with Gasteiger partial charge in [-0.2, -0.15) is 0 Å². The van der Waals surface area contributed by atoms with Gasteiger partial charge < -0.3 is 9.80 Å². The van der Waals surface area contributed by atoms with E-state index >= 15 is 0 Å². The molecule has 1 aliphatic heterocycles. The number of aryl methyl sites for hydroxylation is 1. The van der Waals surface area contributed by atoms with Gasteiger partial charge in [0.15, 0.2) is 5.82 Å². The molecule has 0 aliphatic carbocycles. The van der Waals surface area contributed by atoms with Crippen LogP contribution in [0, 0.1) is 12.7 Å². The zero-order valence-electron chi connectivity index (χ0n) is 11.2. The molecule has 0 amide bonds. The highest BCUT2D eigenvalue weighted by atomic mass is 19.1. The number of hydrogen-bond donors (Lipinski definition) is 0. The predicted octanol–water partition coefficient (Wildman–Crippen LogP) is 1.04. The van der Waals surface area contributed by atoms with E-state index < -0.39 is 5.82 Å². The van der Waals surface area contributed by atoms with Crippen LogP contribution in [0.5, 0.6) is 0 Å². The first-order valence-electron chi connectivity index (χ1n) is 6.48. The first-order chi connectivity index (χ1) is 9.74. The molecule has 6 nitrogen and oxygen atoms in total. The normalized spacial score (nSPS) is 15.5. The first kappa shape index (κ1) is 12.7. The van der Waals surface area contributed by atoms with E-state index in [1.165, 1.54) is 12.4 Å². The Kier molecular flexibility index (Phi) is 3.41. The van der Waals surface area contributed by atoms with Gasteiger partial charge in [0.05, 0.1) is 12.4 Å². The number of nitrogens with zero attached hydrogens (tertiary/aromatic N) is 6. The summed E-state index contributed by atoms with van der Waals surface area (Å²) in [4.78, 5) is 20.6. The SMILES string of the molecule is Cc1cncnc1N1CCN(c2ncc(F)cn2)CC1. The smallest absolute Gasteiger partial charge is 0.225 e. The zero-order chi connectivity index (χ0) is 13.9. The topological polar surface area (TPSA) is 58.0 Å². The van der Waals surface area contributed by atoms with Gasteiger partial charge in [-0.15, -0.1) is 0 Å². The van der Waals surface area contributed by atoms with Gasteiger partial charge in [-0.1, -0.05) is 0 Å². The van der Waals surface area contributed by atoms with Gasteiger partial charge in [0.1, 0.15) is 12.1 Å². The second kappa shape index (κ2) is 5.36. The summed E-state index contributed by atoms with van der Waals surface area (Å²) >= 11 is 0. The van der Waals surface area contributed by atoms with Crippen molar-refractivity contribution in [2.45, 2.75) is 6.92 Å². The van der Waals surface area contributed by atoms with E-state index in [4.69, 9.17) is 0 Å². The average Bonchev–Trinajstić information content (AvgIpc) is 2.49. The molecule has 3 rings (SSSR count). The van der Waals surface area contributed by atoms with Crippen LogP contribution in [0.3, 0.4) is 0 Å². The van der Waals surface area contributed by atoms with Crippen molar-refractivity contribution in [1.29, 1.82) is 0 Å². The lowest BCUT2D eigenvalue weighted by atomic mass is 10.2. The molecule has 104 valence electrons. The van der Waals surface area contributed by atoms with Crippen LogP contribution in [0.15, 0.2) is 24.9 Å². The van der Waals surface area contributed by atoms with Gasteiger partial charge in [-0.05, 0) is 6.92 Å². The van der Waals surface area contributed by atoms with Crippen LogP contribution in [-0.2, 0) is 0 Å². The van der Waals surface area contributed by atoms with Crippen LogP contribution in [0.1, 0.15) is 5.56 Å². The Bertz CT molecular complexity index is 580. The minimum atomic E-state index is -0.413. The Morgan fingerprint density at radius 2 is 1.60 bits per heavy atom. The monoisotopic (exact) mass is 274 g/mol. The van der Waals surface area contributed by atoms with E-state index in [-0.39, 0.29) is 0 Å². The number of aromatic nitrogens is 4. The van der Waals surface area contributed by atoms with Crippen molar-refractivity contribution >= 4 is 11.8 Å². The fourth-order valence-electron chi connectivity index (χ4n) is 2.31. The second-order valence-electron chi connectivity index (χ2n) is 4.70. The van der Waals surface area contributed by atoms with E-state index in [0.29, 0.717) is 5.95 Å². The van der Waals surface area contributed by atoms with Crippen molar-refractivity contribution in [3.05, 3.63) is 36.3 Å². The minimum Gasteiger partial charge on any atom is -0.353 e. The highest BCUT2D eigenvalue weighted by Gasteiger charge is 2.20. The molecular formula is C13H15FN6. The maximum absolute atomic E-state index is 12.8. The third-order valence-corrected chi connectivity index (χ3v) is 3.34. The van der Waals surface area contributed by atoms with Crippen molar-refractivity contribution in [2.75, 3.05) is 36.0 Å². The van der Waals surface area contributed by atoms with E-state index in [0.717, 1.165) is 37.6 Å². The van der Waals surface area contributed by atoms with Gasteiger partial charge in [0.2, 0.25) is 5.95 Å². The van der Waals surface area contributed by atoms with E-state index in [1.54, 1.807) is 6.33 Å². The van der Waals surface area contributed by atoms with Crippen LogP contribution >= 0.6 is 0 Å². The molecule has 2 aromatic heterocycles.